The standard InChI is InChI=1S/C23H27F2N7O3/c1-34-14-20(33)31-7-6-15(13-31)26-18-12-19(29-23(28-18)30-8-10-35-11-9-30)32-17-5-3-2-4-16(17)27-22(32)21(24)25/h2-5,12,15,21H,6-11,13-14H2,1H3,(H,26,28,29)/t15-/m0/s1. The van der Waals surface area contributed by atoms with Gasteiger partial charge < -0.3 is 24.6 Å². The lowest BCUT2D eigenvalue weighted by molar-refractivity contribution is -0.134. The average molecular weight is 488 g/mol. The smallest absolute Gasteiger partial charge is 0.296 e. The molecule has 2 aliphatic rings. The molecular formula is C23H27F2N7O3. The lowest BCUT2D eigenvalue weighted by atomic mass is 10.2. The van der Waals surface area contributed by atoms with Gasteiger partial charge in [-0.3, -0.25) is 9.36 Å². The Balaban J connectivity index is 1.52. The zero-order chi connectivity index (χ0) is 24.4. The van der Waals surface area contributed by atoms with Gasteiger partial charge in [-0.25, -0.2) is 13.8 Å². The summed E-state index contributed by atoms with van der Waals surface area (Å²) in [5, 5.41) is 3.38. The summed E-state index contributed by atoms with van der Waals surface area (Å²) >= 11 is 0. The van der Waals surface area contributed by atoms with Crippen LogP contribution in [-0.2, 0) is 14.3 Å². The molecule has 1 N–H and O–H groups in total. The Kier molecular flexibility index (Phi) is 6.73. The van der Waals surface area contributed by atoms with E-state index in [1.807, 2.05) is 4.90 Å². The third-order valence-corrected chi connectivity index (χ3v) is 6.17. The number of para-hydroxylation sites is 2. The quantitative estimate of drug-likeness (QED) is 0.542. The number of fused-ring (bicyclic) bond motifs is 1. The molecule has 12 heteroatoms. The lowest BCUT2D eigenvalue weighted by Gasteiger charge is -2.28. The highest BCUT2D eigenvalue weighted by atomic mass is 19.3. The molecule has 2 aromatic heterocycles. The van der Waals surface area contributed by atoms with Gasteiger partial charge in [-0.15, -0.1) is 0 Å². The van der Waals surface area contributed by atoms with Crippen molar-refractivity contribution >= 4 is 28.7 Å². The van der Waals surface area contributed by atoms with E-state index >= 15 is 0 Å². The fraction of sp³-hybridized carbons (Fsp3) is 0.478. The van der Waals surface area contributed by atoms with Crippen molar-refractivity contribution in [3.8, 4) is 5.82 Å². The van der Waals surface area contributed by atoms with Gasteiger partial charge in [-0.2, -0.15) is 9.97 Å². The Bertz CT molecular complexity index is 1200. The van der Waals surface area contributed by atoms with Crippen LogP contribution in [0.5, 0.6) is 0 Å². The molecule has 1 aromatic carbocycles. The number of carbonyl (C=O) groups excluding carboxylic acids is 1. The highest BCUT2D eigenvalue weighted by Crippen LogP contribution is 2.29. The number of nitrogens with one attached hydrogen (secondary N) is 1. The Hall–Kier alpha value is -3.38. The number of ether oxygens (including phenoxy) is 2. The van der Waals surface area contributed by atoms with Gasteiger partial charge in [0.05, 0.1) is 24.2 Å². The number of carbonyl (C=O) groups is 1. The van der Waals surface area contributed by atoms with E-state index in [1.54, 1.807) is 35.2 Å². The summed E-state index contributed by atoms with van der Waals surface area (Å²) in [5.41, 5.74) is 1.00. The van der Waals surface area contributed by atoms with E-state index in [-0.39, 0.29) is 24.4 Å². The Labute approximate surface area is 200 Å². The number of hydrogen-bond donors (Lipinski definition) is 1. The molecule has 0 unspecified atom stereocenters. The van der Waals surface area contributed by atoms with E-state index in [2.05, 4.69) is 15.3 Å². The van der Waals surface area contributed by atoms with Gasteiger partial charge in [0.25, 0.3) is 6.43 Å². The van der Waals surface area contributed by atoms with Crippen molar-refractivity contribution in [3.63, 3.8) is 0 Å². The third kappa shape index (κ3) is 4.89. The second-order valence-electron chi connectivity index (χ2n) is 8.51. The van der Waals surface area contributed by atoms with Crippen LogP contribution < -0.4 is 10.2 Å². The first kappa shape index (κ1) is 23.4. The molecule has 3 aromatic rings. The van der Waals surface area contributed by atoms with Gasteiger partial charge in [-0.05, 0) is 18.6 Å². The van der Waals surface area contributed by atoms with Gasteiger partial charge in [0.15, 0.2) is 5.82 Å². The molecule has 0 spiro atoms. The summed E-state index contributed by atoms with van der Waals surface area (Å²) in [6, 6.07) is 8.61. The number of imidazole rings is 1. The number of methoxy groups -OCH3 is 1. The molecule has 0 saturated carbocycles. The van der Waals surface area contributed by atoms with Crippen LogP contribution in [0.2, 0.25) is 0 Å². The lowest BCUT2D eigenvalue weighted by Crippen LogP contribution is -2.38. The van der Waals surface area contributed by atoms with Crippen LogP contribution in [0.4, 0.5) is 20.5 Å². The number of likely N-dealkylation sites (tertiary alicyclic amines) is 1. The van der Waals surface area contributed by atoms with Gasteiger partial charge in [-0.1, -0.05) is 12.1 Å². The van der Waals surface area contributed by atoms with Gasteiger partial charge >= 0.3 is 0 Å². The Morgan fingerprint density at radius 2 is 2.00 bits per heavy atom. The van der Waals surface area contributed by atoms with Crippen LogP contribution in [0.1, 0.15) is 18.7 Å². The van der Waals surface area contributed by atoms with Crippen LogP contribution in [0, 0.1) is 0 Å². The minimum atomic E-state index is -2.78. The maximum atomic E-state index is 14.0. The second-order valence-corrected chi connectivity index (χ2v) is 8.51. The minimum absolute atomic E-state index is 0.0369. The van der Waals surface area contributed by atoms with Gasteiger partial charge in [0, 0.05) is 45.4 Å². The predicted octanol–water partition coefficient (Wildman–Crippen LogP) is 2.25. The highest BCUT2D eigenvalue weighted by molar-refractivity contribution is 5.79. The zero-order valence-corrected chi connectivity index (χ0v) is 19.4. The Morgan fingerprint density at radius 1 is 1.20 bits per heavy atom. The summed E-state index contributed by atoms with van der Waals surface area (Å²) < 4.78 is 39.8. The first-order valence-electron chi connectivity index (χ1n) is 11.5. The van der Waals surface area contributed by atoms with Crippen LogP contribution in [-0.4, -0.2) is 89.5 Å². The largest absolute Gasteiger partial charge is 0.378 e. The topological polar surface area (TPSA) is 97.6 Å². The van der Waals surface area contributed by atoms with Crippen molar-refractivity contribution in [2.75, 3.05) is 63.3 Å². The van der Waals surface area contributed by atoms with Crippen LogP contribution in [0.15, 0.2) is 30.3 Å². The van der Waals surface area contributed by atoms with Crippen LogP contribution >= 0.6 is 0 Å². The summed E-state index contributed by atoms with van der Waals surface area (Å²) in [4.78, 5) is 29.4. The SMILES string of the molecule is COCC(=O)N1CC[C@H](Nc2cc(-n3c(C(F)F)nc4ccccc43)nc(N3CCOCC3)n2)C1. The van der Waals surface area contributed by atoms with E-state index < -0.39 is 6.43 Å². The molecule has 10 nitrogen and oxygen atoms in total. The van der Waals surface area contributed by atoms with Crippen molar-refractivity contribution in [1.82, 2.24) is 24.4 Å². The maximum absolute atomic E-state index is 14.0. The first-order chi connectivity index (χ1) is 17.0. The molecule has 1 amide bonds. The third-order valence-electron chi connectivity index (χ3n) is 6.17. The first-order valence-corrected chi connectivity index (χ1v) is 11.5. The number of amides is 1. The number of rotatable bonds is 7. The maximum Gasteiger partial charge on any atom is 0.296 e. The normalized spacial score (nSPS) is 18.6. The predicted molar refractivity (Wildman–Crippen MR) is 125 cm³/mol. The molecule has 0 bridgehead atoms. The molecule has 0 aliphatic carbocycles. The monoisotopic (exact) mass is 487 g/mol. The molecule has 2 aliphatic heterocycles. The number of morpholine rings is 1. The fourth-order valence-corrected chi connectivity index (χ4v) is 4.48. The van der Waals surface area contributed by atoms with Crippen LogP contribution in [0.3, 0.4) is 0 Å². The summed E-state index contributed by atoms with van der Waals surface area (Å²) in [7, 11) is 1.49. The number of nitrogens with zero attached hydrogens (tertiary/aromatic N) is 6. The average Bonchev–Trinajstić information content (AvgIpc) is 3.49. The number of alkyl halides is 2. The molecule has 35 heavy (non-hydrogen) atoms. The summed E-state index contributed by atoms with van der Waals surface area (Å²) in [6.07, 6.45) is -2.05. The molecule has 1 atom stereocenters. The number of aromatic nitrogens is 4. The Morgan fingerprint density at radius 3 is 2.77 bits per heavy atom. The zero-order valence-electron chi connectivity index (χ0n) is 19.4. The number of benzene rings is 1. The van der Waals surface area contributed by atoms with E-state index in [0.29, 0.717) is 68.0 Å². The number of halogens is 2. The number of anilines is 2. The molecule has 2 saturated heterocycles. The van der Waals surface area contributed by atoms with Gasteiger partial charge in [0.2, 0.25) is 11.9 Å². The minimum Gasteiger partial charge on any atom is -0.378 e. The van der Waals surface area contributed by atoms with Crippen molar-refractivity contribution in [2.24, 2.45) is 0 Å². The molecule has 0 radical (unpaired) electrons. The van der Waals surface area contributed by atoms with E-state index in [1.165, 1.54) is 11.7 Å². The number of hydrogen-bond acceptors (Lipinski definition) is 8. The van der Waals surface area contributed by atoms with Crippen molar-refractivity contribution in [1.29, 1.82) is 0 Å². The molecule has 2 fully saturated rings. The second kappa shape index (κ2) is 10.1. The fourth-order valence-electron chi connectivity index (χ4n) is 4.48. The molecule has 4 heterocycles. The molecular weight excluding hydrogens is 460 g/mol. The van der Waals surface area contributed by atoms with E-state index in [9.17, 15) is 13.6 Å². The molecule has 5 rings (SSSR count). The van der Waals surface area contributed by atoms with Crippen molar-refractivity contribution < 1.29 is 23.0 Å². The highest BCUT2D eigenvalue weighted by Gasteiger charge is 2.28. The molecule has 186 valence electrons. The van der Waals surface area contributed by atoms with Gasteiger partial charge in [0.1, 0.15) is 18.2 Å². The van der Waals surface area contributed by atoms with Crippen molar-refractivity contribution in [3.05, 3.63) is 36.2 Å². The summed E-state index contributed by atoms with van der Waals surface area (Å²) in [6.45, 7) is 3.41. The summed E-state index contributed by atoms with van der Waals surface area (Å²) in [5.74, 6) is 0.789. The van der Waals surface area contributed by atoms with E-state index in [4.69, 9.17) is 14.5 Å². The van der Waals surface area contributed by atoms with Crippen LogP contribution in [0.25, 0.3) is 16.9 Å². The van der Waals surface area contributed by atoms with Crippen molar-refractivity contribution in [2.45, 2.75) is 18.9 Å². The van der Waals surface area contributed by atoms with E-state index in [0.717, 1.165) is 6.42 Å².